The van der Waals surface area contributed by atoms with Gasteiger partial charge in [-0.2, -0.15) is 8.78 Å². The molecule has 0 saturated heterocycles. The average Bonchev–Trinajstić information content (AvgIpc) is 2.07. The Morgan fingerprint density at radius 2 is 2.23 bits per heavy atom. The number of aryl methyl sites for hydroxylation is 1. The van der Waals surface area contributed by atoms with Crippen molar-refractivity contribution in [1.29, 1.82) is 0 Å². The molecule has 1 rings (SSSR count). The molecule has 1 heterocycles. The van der Waals surface area contributed by atoms with Gasteiger partial charge in [-0.3, -0.25) is 4.98 Å². The molecule has 0 spiro atoms. The Morgan fingerprint density at radius 1 is 1.54 bits per heavy atom. The Hall–Kier alpha value is -0.900. The first kappa shape index (κ1) is 10.2. The van der Waals surface area contributed by atoms with E-state index in [-0.39, 0.29) is 11.6 Å². The second-order valence-corrected chi connectivity index (χ2v) is 2.68. The van der Waals surface area contributed by atoms with E-state index in [4.69, 9.17) is 11.6 Å². The molecule has 0 N–H and O–H groups in total. The van der Waals surface area contributed by atoms with Crippen molar-refractivity contribution in [2.45, 2.75) is 19.4 Å². The summed E-state index contributed by atoms with van der Waals surface area (Å²) in [5.41, 5.74) is 1.05. The molecule has 0 unspecified atom stereocenters. The van der Waals surface area contributed by atoms with Crippen LogP contribution in [0.2, 0.25) is 0 Å². The van der Waals surface area contributed by atoms with Gasteiger partial charge in [-0.15, -0.1) is 11.6 Å². The van der Waals surface area contributed by atoms with E-state index >= 15 is 0 Å². The largest absolute Gasteiger partial charge is 0.433 e. The standard InChI is InChI=1S/C8H8ClF2NO/c1-5-2-3-7(13-8(10)11)6(4-9)12-5/h2-3,8H,4H2,1H3. The summed E-state index contributed by atoms with van der Waals surface area (Å²) >= 11 is 5.50. The van der Waals surface area contributed by atoms with E-state index < -0.39 is 6.61 Å². The van der Waals surface area contributed by atoms with Crippen LogP contribution in [0.25, 0.3) is 0 Å². The van der Waals surface area contributed by atoms with Crippen LogP contribution in [0.1, 0.15) is 11.4 Å². The maximum absolute atomic E-state index is 11.8. The van der Waals surface area contributed by atoms with Crippen molar-refractivity contribution >= 4 is 11.6 Å². The Morgan fingerprint density at radius 3 is 2.77 bits per heavy atom. The first-order chi connectivity index (χ1) is 6.13. The van der Waals surface area contributed by atoms with Gasteiger partial charge in [-0.05, 0) is 19.1 Å². The molecule has 0 aliphatic rings. The highest BCUT2D eigenvalue weighted by molar-refractivity contribution is 6.17. The lowest BCUT2D eigenvalue weighted by Crippen LogP contribution is -2.05. The van der Waals surface area contributed by atoms with Crippen molar-refractivity contribution in [2.24, 2.45) is 0 Å². The zero-order chi connectivity index (χ0) is 9.84. The maximum Gasteiger partial charge on any atom is 0.387 e. The fourth-order valence-electron chi connectivity index (χ4n) is 0.897. The van der Waals surface area contributed by atoms with Crippen LogP contribution in [-0.4, -0.2) is 11.6 Å². The van der Waals surface area contributed by atoms with Gasteiger partial charge in [0.1, 0.15) is 5.75 Å². The molecule has 0 radical (unpaired) electrons. The van der Waals surface area contributed by atoms with Crippen LogP contribution < -0.4 is 4.74 Å². The van der Waals surface area contributed by atoms with Crippen LogP contribution in [0.15, 0.2) is 12.1 Å². The highest BCUT2D eigenvalue weighted by Crippen LogP contribution is 2.20. The van der Waals surface area contributed by atoms with Crippen LogP contribution in [0.5, 0.6) is 5.75 Å². The fourth-order valence-corrected chi connectivity index (χ4v) is 1.09. The molecule has 2 nitrogen and oxygen atoms in total. The lowest BCUT2D eigenvalue weighted by atomic mass is 10.3. The first-order valence-electron chi connectivity index (χ1n) is 3.60. The molecule has 1 aromatic rings. The number of ether oxygens (including phenoxy) is 1. The Bertz CT molecular complexity index is 293. The molecule has 0 aromatic carbocycles. The average molecular weight is 208 g/mol. The van der Waals surface area contributed by atoms with Crippen LogP contribution in [-0.2, 0) is 5.88 Å². The minimum atomic E-state index is -2.84. The number of hydrogen-bond acceptors (Lipinski definition) is 2. The number of halogens is 3. The van der Waals surface area contributed by atoms with Crippen molar-refractivity contribution in [3.8, 4) is 5.75 Å². The number of hydrogen-bond donors (Lipinski definition) is 0. The fraction of sp³-hybridized carbons (Fsp3) is 0.375. The van der Waals surface area contributed by atoms with E-state index in [2.05, 4.69) is 9.72 Å². The molecule has 0 fully saturated rings. The lowest BCUT2D eigenvalue weighted by Gasteiger charge is -2.07. The third-order valence-electron chi connectivity index (χ3n) is 1.41. The minimum Gasteiger partial charge on any atom is -0.433 e. The highest BCUT2D eigenvalue weighted by atomic mass is 35.5. The summed E-state index contributed by atoms with van der Waals surface area (Å²) in [6.45, 7) is -1.09. The molecular formula is C8H8ClF2NO. The summed E-state index contributed by atoms with van der Waals surface area (Å²) in [4.78, 5) is 3.95. The lowest BCUT2D eigenvalue weighted by molar-refractivity contribution is -0.0506. The van der Waals surface area contributed by atoms with Gasteiger partial charge in [0.2, 0.25) is 0 Å². The molecule has 0 saturated carbocycles. The Balaban J connectivity index is 2.92. The van der Waals surface area contributed by atoms with E-state index in [1.807, 2.05) is 0 Å². The monoisotopic (exact) mass is 207 g/mol. The van der Waals surface area contributed by atoms with E-state index in [1.54, 1.807) is 13.0 Å². The van der Waals surface area contributed by atoms with Gasteiger partial charge < -0.3 is 4.74 Å². The molecule has 0 aliphatic carbocycles. The first-order valence-corrected chi connectivity index (χ1v) is 4.14. The zero-order valence-corrected chi connectivity index (χ0v) is 7.68. The predicted octanol–water partition coefficient (Wildman–Crippen LogP) is 2.73. The second-order valence-electron chi connectivity index (χ2n) is 2.41. The van der Waals surface area contributed by atoms with E-state index in [1.165, 1.54) is 6.07 Å². The molecule has 0 amide bonds. The van der Waals surface area contributed by atoms with Crippen molar-refractivity contribution in [3.63, 3.8) is 0 Å². The van der Waals surface area contributed by atoms with Crippen LogP contribution in [0.3, 0.4) is 0 Å². The van der Waals surface area contributed by atoms with Crippen molar-refractivity contribution in [3.05, 3.63) is 23.5 Å². The maximum atomic E-state index is 11.8. The Kier molecular flexibility index (Phi) is 3.42. The van der Waals surface area contributed by atoms with Gasteiger partial charge in [0, 0.05) is 5.69 Å². The molecular weight excluding hydrogens is 200 g/mol. The topological polar surface area (TPSA) is 22.1 Å². The molecule has 0 atom stereocenters. The van der Waals surface area contributed by atoms with Crippen LogP contribution >= 0.6 is 11.6 Å². The molecule has 1 aromatic heterocycles. The van der Waals surface area contributed by atoms with Crippen LogP contribution in [0.4, 0.5) is 8.78 Å². The normalized spacial score (nSPS) is 10.5. The van der Waals surface area contributed by atoms with Gasteiger partial charge in [0.15, 0.2) is 0 Å². The molecule has 5 heteroatoms. The van der Waals surface area contributed by atoms with E-state index in [0.717, 1.165) is 5.69 Å². The number of rotatable bonds is 3. The molecule has 0 aliphatic heterocycles. The van der Waals surface area contributed by atoms with Crippen molar-refractivity contribution < 1.29 is 13.5 Å². The van der Waals surface area contributed by atoms with Gasteiger partial charge in [-0.25, -0.2) is 0 Å². The summed E-state index contributed by atoms with van der Waals surface area (Å²) in [7, 11) is 0. The van der Waals surface area contributed by atoms with E-state index in [0.29, 0.717) is 5.69 Å². The SMILES string of the molecule is Cc1ccc(OC(F)F)c(CCl)n1. The summed E-state index contributed by atoms with van der Waals surface area (Å²) < 4.78 is 27.9. The van der Waals surface area contributed by atoms with Crippen molar-refractivity contribution in [1.82, 2.24) is 4.98 Å². The minimum absolute atomic E-state index is 0.0376. The second kappa shape index (κ2) is 4.37. The number of pyridine rings is 1. The summed E-state index contributed by atoms with van der Waals surface area (Å²) in [6.07, 6.45) is 0. The summed E-state index contributed by atoms with van der Waals surface area (Å²) in [5.74, 6) is 0.0969. The summed E-state index contributed by atoms with van der Waals surface area (Å²) in [6, 6.07) is 3.03. The van der Waals surface area contributed by atoms with Gasteiger partial charge in [0.05, 0.1) is 11.6 Å². The number of nitrogens with zero attached hydrogens (tertiary/aromatic N) is 1. The van der Waals surface area contributed by atoms with Gasteiger partial charge in [-0.1, -0.05) is 0 Å². The number of aromatic nitrogens is 1. The Labute approximate surface area is 79.5 Å². The third kappa shape index (κ3) is 2.81. The third-order valence-corrected chi connectivity index (χ3v) is 1.67. The molecule has 13 heavy (non-hydrogen) atoms. The smallest absolute Gasteiger partial charge is 0.387 e. The molecule has 0 bridgehead atoms. The van der Waals surface area contributed by atoms with Crippen molar-refractivity contribution in [2.75, 3.05) is 0 Å². The highest BCUT2D eigenvalue weighted by Gasteiger charge is 2.09. The number of alkyl halides is 3. The quantitative estimate of drug-likeness (QED) is 0.711. The van der Waals surface area contributed by atoms with Crippen LogP contribution in [0, 0.1) is 6.92 Å². The van der Waals surface area contributed by atoms with E-state index in [9.17, 15) is 8.78 Å². The zero-order valence-electron chi connectivity index (χ0n) is 6.93. The summed E-state index contributed by atoms with van der Waals surface area (Å²) in [5, 5.41) is 0. The van der Waals surface area contributed by atoms with Gasteiger partial charge >= 0.3 is 6.61 Å². The predicted molar refractivity (Wildman–Crippen MR) is 45.2 cm³/mol. The van der Waals surface area contributed by atoms with Gasteiger partial charge in [0.25, 0.3) is 0 Å². The molecule has 72 valence electrons.